The molecule has 5 heteroatoms. The van der Waals surface area contributed by atoms with Crippen LogP contribution in [0.3, 0.4) is 0 Å². The van der Waals surface area contributed by atoms with Crippen LogP contribution in [-0.2, 0) is 0 Å². The summed E-state index contributed by atoms with van der Waals surface area (Å²) >= 11 is 0. The molecule has 3 nitrogen and oxygen atoms in total. The maximum atomic E-state index is 14.0. The molecule has 20 heavy (non-hydrogen) atoms. The van der Waals surface area contributed by atoms with Gasteiger partial charge in [0.1, 0.15) is 0 Å². The van der Waals surface area contributed by atoms with Gasteiger partial charge < -0.3 is 10.2 Å². The Labute approximate surface area is 119 Å². The maximum Gasteiger partial charge on any atom is 0.168 e. The lowest BCUT2D eigenvalue weighted by molar-refractivity contribution is 0.459. The van der Waals surface area contributed by atoms with Crippen molar-refractivity contribution >= 4 is 11.6 Å². The van der Waals surface area contributed by atoms with Crippen molar-refractivity contribution in [1.29, 1.82) is 0 Å². The number of hydrogen-bond donors (Lipinski definition) is 1. The van der Waals surface area contributed by atoms with Gasteiger partial charge in [-0.2, -0.15) is 0 Å². The van der Waals surface area contributed by atoms with Gasteiger partial charge in [-0.15, -0.1) is 0 Å². The smallest absolute Gasteiger partial charge is 0.168 e. The Hall–Kier alpha value is -1.39. The van der Waals surface area contributed by atoms with E-state index in [1.165, 1.54) is 6.42 Å². The minimum absolute atomic E-state index is 0.139. The lowest BCUT2D eigenvalue weighted by Gasteiger charge is -2.23. The molecular formula is C15H23F2N3. The van der Waals surface area contributed by atoms with E-state index in [4.69, 9.17) is 0 Å². The second-order valence-electron chi connectivity index (χ2n) is 5.35. The molecule has 1 saturated heterocycles. The van der Waals surface area contributed by atoms with Crippen LogP contribution in [0, 0.1) is 17.6 Å². The standard InChI is InChI=1S/C15H23F2N3/c1-3-11-6-5-8-20(9-7-11)15-13(17)10-12(16)14(19-15)18-4-2/h10-11H,3-9H2,1-2H3,(H,18,19). The zero-order valence-electron chi connectivity index (χ0n) is 12.3. The van der Waals surface area contributed by atoms with E-state index < -0.39 is 11.6 Å². The van der Waals surface area contributed by atoms with Gasteiger partial charge in [0.05, 0.1) is 0 Å². The van der Waals surface area contributed by atoms with E-state index in [9.17, 15) is 8.78 Å². The monoisotopic (exact) mass is 283 g/mol. The first-order chi connectivity index (χ1) is 9.65. The molecule has 1 unspecified atom stereocenters. The first kappa shape index (κ1) is 15.0. The van der Waals surface area contributed by atoms with Gasteiger partial charge in [-0.3, -0.25) is 0 Å². The predicted molar refractivity (Wildman–Crippen MR) is 78.2 cm³/mol. The molecule has 1 atom stereocenters. The SMILES string of the molecule is CCNc1nc(N2CCCC(CC)CC2)c(F)cc1F. The number of hydrogen-bond acceptors (Lipinski definition) is 3. The molecular weight excluding hydrogens is 260 g/mol. The molecule has 0 aromatic carbocycles. The Kier molecular flexibility index (Phi) is 5.15. The average molecular weight is 283 g/mol. The van der Waals surface area contributed by atoms with Crippen LogP contribution in [0.2, 0.25) is 0 Å². The lowest BCUT2D eigenvalue weighted by Crippen LogP contribution is -2.27. The van der Waals surface area contributed by atoms with Gasteiger partial charge in [-0.25, -0.2) is 13.8 Å². The molecule has 112 valence electrons. The Morgan fingerprint density at radius 3 is 2.75 bits per heavy atom. The van der Waals surface area contributed by atoms with Crippen molar-refractivity contribution in [1.82, 2.24) is 4.98 Å². The molecule has 0 amide bonds. The first-order valence-electron chi connectivity index (χ1n) is 7.50. The van der Waals surface area contributed by atoms with Crippen molar-refractivity contribution in [3.8, 4) is 0 Å². The van der Waals surface area contributed by atoms with Crippen LogP contribution in [0.1, 0.15) is 39.5 Å². The van der Waals surface area contributed by atoms with Crippen LogP contribution in [0.25, 0.3) is 0 Å². The largest absolute Gasteiger partial charge is 0.368 e. The number of halogens is 2. The summed E-state index contributed by atoms with van der Waals surface area (Å²) in [5.74, 6) is -0.0792. The van der Waals surface area contributed by atoms with E-state index >= 15 is 0 Å². The van der Waals surface area contributed by atoms with Gasteiger partial charge in [0.25, 0.3) is 0 Å². The zero-order valence-corrected chi connectivity index (χ0v) is 12.3. The number of rotatable bonds is 4. The van der Waals surface area contributed by atoms with Gasteiger partial charge in [0.15, 0.2) is 23.3 Å². The fourth-order valence-corrected chi connectivity index (χ4v) is 2.76. The van der Waals surface area contributed by atoms with Crippen LogP contribution in [0.4, 0.5) is 20.4 Å². The predicted octanol–water partition coefficient (Wildman–Crippen LogP) is 3.81. The van der Waals surface area contributed by atoms with Crippen molar-refractivity contribution in [3.63, 3.8) is 0 Å². The van der Waals surface area contributed by atoms with Crippen LogP contribution in [0.5, 0.6) is 0 Å². The van der Waals surface area contributed by atoms with Crippen molar-refractivity contribution in [2.75, 3.05) is 29.9 Å². The Bertz CT molecular complexity index is 451. The third-order valence-corrected chi connectivity index (χ3v) is 3.98. The average Bonchev–Trinajstić information content (AvgIpc) is 2.67. The highest BCUT2D eigenvalue weighted by atomic mass is 19.1. The van der Waals surface area contributed by atoms with Crippen LogP contribution < -0.4 is 10.2 Å². The fourth-order valence-electron chi connectivity index (χ4n) is 2.76. The number of nitrogens with zero attached hydrogens (tertiary/aromatic N) is 2. The molecule has 0 spiro atoms. The van der Waals surface area contributed by atoms with Gasteiger partial charge in [-0.05, 0) is 32.1 Å². The minimum atomic E-state index is -0.630. The Morgan fingerprint density at radius 1 is 1.25 bits per heavy atom. The molecule has 2 heterocycles. The van der Waals surface area contributed by atoms with E-state index in [-0.39, 0.29) is 11.6 Å². The summed E-state index contributed by atoms with van der Waals surface area (Å²) in [6.45, 7) is 6.20. The highest BCUT2D eigenvalue weighted by molar-refractivity contribution is 5.49. The van der Waals surface area contributed by atoms with E-state index in [0.717, 1.165) is 38.4 Å². The Morgan fingerprint density at radius 2 is 2.05 bits per heavy atom. The second-order valence-corrected chi connectivity index (χ2v) is 5.35. The molecule has 1 aliphatic rings. The van der Waals surface area contributed by atoms with E-state index in [1.54, 1.807) is 0 Å². The highest BCUT2D eigenvalue weighted by Gasteiger charge is 2.21. The third kappa shape index (κ3) is 3.38. The topological polar surface area (TPSA) is 28.2 Å². The summed E-state index contributed by atoms with van der Waals surface area (Å²) in [6, 6.07) is 0.933. The number of pyridine rings is 1. The highest BCUT2D eigenvalue weighted by Crippen LogP contribution is 2.27. The van der Waals surface area contributed by atoms with Crippen LogP contribution >= 0.6 is 0 Å². The van der Waals surface area contributed by atoms with Gasteiger partial charge in [-0.1, -0.05) is 13.3 Å². The van der Waals surface area contributed by atoms with Crippen LogP contribution in [-0.4, -0.2) is 24.6 Å². The molecule has 1 aromatic rings. The fraction of sp³-hybridized carbons (Fsp3) is 0.667. The van der Waals surface area contributed by atoms with Crippen molar-refractivity contribution in [3.05, 3.63) is 17.7 Å². The molecule has 1 aliphatic heterocycles. The summed E-state index contributed by atoms with van der Waals surface area (Å²) in [5.41, 5.74) is 0. The molecule has 1 fully saturated rings. The van der Waals surface area contributed by atoms with Crippen molar-refractivity contribution < 1.29 is 8.78 Å². The lowest BCUT2D eigenvalue weighted by atomic mass is 9.98. The normalized spacial score (nSPS) is 19.8. The number of nitrogens with one attached hydrogen (secondary N) is 1. The third-order valence-electron chi connectivity index (χ3n) is 3.98. The molecule has 0 aliphatic carbocycles. The summed E-state index contributed by atoms with van der Waals surface area (Å²) in [7, 11) is 0. The summed E-state index contributed by atoms with van der Waals surface area (Å²) in [6.07, 6.45) is 4.42. The second kappa shape index (κ2) is 6.86. The van der Waals surface area contributed by atoms with Gasteiger partial charge in [0.2, 0.25) is 0 Å². The molecule has 2 rings (SSSR count). The quantitative estimate of drug-likeness (QED) is 0.910. The van der Waals surface area contributed by atoms with E-state index in [0.29, 0.717) is 12.5 Å². The van der Waals surface area contributed by atoms with Crippen LogP contribution in [0.15, 0.2) is 6.07 Å². The summed E-state index contributed by atoms with van der Waals surface area (Å²) < 4.78 is 27.6. The molecule has 1 N–H and O–H groups in total. The molecule has 0 bridgehead atoms. The Balaban J connectivity index is 2.20. The molecule has 0 radical (unpaired) electrons. The summed E-state index contributed by atoms with van der Waals surface area (Å²) in [5, 5.41) is 2.84. The van der Waals surface area contributed by atoms with E-state index in [1.807, 2.05) is 11.8 Å². The molecule has 1 aromatic heterocycles. The number of anilines is 2. The van der Waals surface area contributed by atoms with E-state index in [2.05, 4.69) is 17.2 Å². The summed E-state index contributed by atoms with van der Waals surface area (Å²) in [4.78, 5) is 6.09. The van der Waals surface area contributed by atoms with Crippen molar-refractivity contribution in [2.24, 2.45) is 5.92 Å². The number of aromatic nitrogens is 1. The zero-order chi connectivity index (χ0) is 14.5. The maximum absolute atomic E-state index is 14.0. The first-order valence-corrected chi connectivity index (χ1v) is 7.50. The van der Waals surface area contributed by atoms with Gasteiger partial charge >= 0.3 is 0 Å². The minimum Gasteiger partial charge on any atom is -0.368 e. The molecule has 0 saturated carbocycles. The van der Waals surface area contributed by atoms with Crippen molar-refractivity contribution in [2.45, 2.75) is 39.5 Å². The van der Waals surface area contributed by atoms with Gasteiger partial charge in [0, 0.05) is 25.7 Å².